The topological polar surface area (TPSA) is 90.9 Å². The Labute approximate surface area is 208 Å². The number of nitrogens with one attached hydrogen (secondary N) is 1. The van der Waals surface area contributed by atoms with E-state index in [-0.39, 0.29) is 35.8 Å². The van der Waals surface area contributed by atoms with Gasteiger partial charge in [0.25, 0.3) is 0 Å². The van der Waals surface area contributed by atoms with Crippen LogP contribution in [0.5, 0.6) is 5.75 Å². The van der Waals surface area contributed by atoms with Crippen molar-refractivity contribution in [3.8, 4) is 5.75 Å². The summed E-state index contributed by atoms with van der Waals surface area (Å²) in [5.41, 5.74) is 1.50. The molecule has 0 fully saturated rings. The molecule has 1 N–H and O–H groups in total. The molecule has 2 aliphatic rings. The van der Waals surface area contributed by atoms with Crippen molar-refractivity contribution in [1.82, 2.24) is 5.32 Å². The number of dihydropyridines is 1. The summed E-state index contributed by atoms with van der Waals surface area (Å²) in [5, 5.41) is 3.15. The van der Waals surface area contributed by atoms with Crippen LogP contribution < -0.4 is 10.1 Å². The second-order valence-electron chi connectivity index (χ2n) is 8.85. The minimum Gasteiger partial charge on any atom is -0.490 e. The highest BCUT2D eigenvalue weighted by atomic mass is 19.1. The number of Topliss-reactive ketones (excluding diaryl/α,β-unsaturated/α-hetero) is 1. The van der Waals surface area contributed by atoms with Gasteiger partial charge in [-0.3, -0.25) is 9.59 Å². The number of allylic oxidation sites excluding steroid dienone is 3. The predicted octanol–water partition coefficient (Wildman–Crippen LogP) is 4.06. The van der Waals surface area contributed by atoms with Crippen LogP contribution in [0.3, 0.4) is 0 Å². The number of methoxy groups -OCH3 is 1. The molecule has 0 saturated heterocycles. The maximum Gasteiger partial charge on any atom is 0.336 e. The van der Waals surface area contributed by atoms with Crippen LogP contribution in [0.1, 0.15) is 31.7 Å². The van der Waals surface area contributed by atoms with Crippen molar-refractivity contribution in [1.29, 1.82) is 0 Å². The number of hydrogen-bond donors (Lipinski definition) is 1. The van der Waals surface area contributed by atoms with Gasteiger partial charge < -0.3 is 19.5 Å². The van der Waals surface area contributed by atoms with E-state index >= 15 is 4.39 Å². The molecule has 8 heteroatoms. The van der Waals surface area contributed by atoms with Crippen LogP contribution in [0.4, 0.5) is 4.39 Å². The van der Waals surface area contributed by atoms with Gasteiger partial charge in [-0.05, 0) is 37.5 Å². The average molecular weight is 494 g/mol. The third-order valence-corrected chi connectivity index (χ3v) is 6.51. The van der Waals surface area contributed by atoms with E-state index in [0.29, 0.717) is 23.6 Å². The first-order valence-corrected chi connectivity index (χ1v) is 11.8. The van der Waals surface area contributed by atoms with Crippen molar-refractivity contribution in [2.45, 2.75) is 26.2 Å². The second-order valence-corrected chi connectivity index (χ2v) is 8.85. The SMILES string of the molecule is COC(=O)[C@@H]1C(=O)C2=C(C[C@H]1C)NC(C)=C(C(=O)OCCOc1ccccc1)[C@@H]2c1ccccc1F. The Bertz CT molecular complexity index is 1240. The highest BCUT2D eigenvalue weighted by Crippen LogP contribution is 2.46. The molecule has 4 rings (SSSR count). The molecule has 0 radical (unpaired) electrons. The van der Waals surface area contributed by atoms with Crippen molar-refractivity contribution in [3.63, 3.8) is 0 Å². The van der Waals surface area contributed by atoms with Crippen molar-refractivity contribution < 1.29 is 33.0 Å². The number of carbonyl (C=O) groups excluding carboxylic acids is 3. The zero-order valence-corrected chi connectivity index (χ0v) is 20.4. The lowest BCUT2D eigenvalue weighted by Gasteiger charge is -2.38. The number of para-hydroxylation sites is 1. The van der Waals surface area contributed by atoms with Gasteiger partial charge in [-0.2, -0.15) is 0 Å². The largest absolute Gasteiger partial charge is 0.490 e. The molecule has 0 bridgehead atoms. The van der Waals surface area contributed by atoms with Gasteiger partial charge in [-0.1, -0.05) is 43.3 Å². The maximum atomic E-state index is 15.1. The Kier molecular flexibility index (Phi) is 7.52. The summed E-state index contributed by atoms with van der Waals surface area (Å²) < 4.78 is 31.0. The molecule has 0 aromatic heterocycles. The fourth-order valence-corrected chi connectivity index (χ4v) is 4.86. The molecule has 2 aromatic carbocycles. The molecular weight excluding hydrogens is 465 g/mol. The minimum absolute atomic E-state index is 0.0455. The number of ether oxygens (including phenoxy) is 3. The zero-order valence-electron chi connectivity index (χ0n) is 20.4. The Morgan fingerprint density at radius 1 is 1.06 bits per heavy atom. The number of rotatable bonds is 7. The fourth-order valence-electron chi connectivity index (χ4n) is 4.86. The number of hydrogen-bond acceptors (Lipinski definition) is 7. The normalized spacial score (nSPS) is 21.4. The van der Waals surface area contributed by atoms with E-state index in [0.717, 1.165) is 0 Å². The van der Waals surface area contributed by atoms with Crippen LogP contribution in [-0.4, -0.2) is 38.0 Å². The van der Waals surface area contributed by atoms with E-state index in [9.17, 15) is 14.4 Å². The summed E-state index contributed by atoms with van der Waals surface area (Å²) in [4.78, 5) is 39.4. The Balaban J connectivity index is 1.65. The lowest BCUT2D eigenvalue weighted by atomic mass is 9.69. The molecule has 0 amide bonds. The van der Waals surface area contributed by atoms with Crippen LogP contribution in [0.2, 0.25) is 0 Å². The molecule has 0 spiro atoms. The number of carbonyl (C=O) groups is 3. The monoisotopic (exact) mass is 493 g/mol. The molecule has 1 heterocycles. The number of ketones is 1. The summed E-state index contributed by atoms with van der Waals surface area (Å²) in [6.07, 6.45) is 0.371. The van der Waals surface area contributed by atoms with E-state index in [1.54, 1.807) is 32.0 Å². The number of halogens is 1. The van der Waals surface area contributed by atoms with Crippen LogP contribution in [0.25, 0.3) is 0 Å². The first kappa shape index (κ1) is 25.2. The molecule has 3 atom stereocenters. The predicted molar refractivity (Wildman–Crippen MR) is 129 cm³/mol. The van der Waals surface area contributed by atoms with E-state index in [4.69, 9.17) is 14.2 Å². The first-order chi connectivity index (χ1) is 17.3. The lowest BCUT2D eigenvalue weighted by molar-refractivity contribution is -0.151. The summed E-state index contributed by atoms with van der Waals surface area (Å²) in [6, 6.07) is 15.1. The van der Waals surface area contributed by atoms with Gasteiger partial charge in [-0.25, -0.2) is 9.18 Å². The summed E-state index contributed by atoms with van der Waals surface area (Å²) in [7, 11) is 1.23. The summed E-state index contributed by atoms with van der Waals surface area (Å²) in [5.74, 6) is -4.16. The van der Waals surface area contributed by atoms with Crippen LogP contribution in [0, 0.1) is 17.7 Å². The fraction of sp³-hybridized carbons (Fsp3) is 0.321. The second kappa shape index (κ2) is 10.8. The van der Waals surface area contributed by atoms with Crippen LogP contribution in [-0.2, 0) is 23.9 Å². The van der Waals surface area contributed by atoms with E-state index in [1.807, 2.05) is 18.2 Å². The molecular formula is C28H28FNO6. The number of esters is 2. The van der Waals surface area contributed by atoms with Crippen LogP contribution >= 0.6 is 0 Å². The van der Waals surface area contributed by atoms with Crippen molar-refractivity contribution in [2.24, 2.45) is 11.8 Å². The van der Waals surface area contributed by atoms with E-state index < -0.39 is 35.4 Å². The van der Waals surface area contributed by atoms with E-state index in [2.05, 4.69) is 5.32 Å². The Hall–Kier alpha value is -3.94. The lowest BCUT2D eigenvalue weighted by Crippen LogP contribution is -2.43. The summed E-state index contributed by atoms with van der Waals surface area (Å²) >= 11 is 0. The number of benzene rings is 2. The molecule has 36 heavy (non-hydrogen) atoms. The molecule has 0 saturated carbocycles. The summed E-state index contributed by atoms with van der Waals surface area (Å²) in [6.45, 7) is 3.56. The van der Waals surface area contributed by atoms with Gasteiger partial charge in [0.15, 0.2) is 5.78 Å². The van der Waals surface area contributed by atoms with Gasteiger partial charge in [0.2, 0.25) is 0 Å². The first-order valence-electron chi connectivity index (χ1n) is 11.8. The smallest absolute Gasteiger partial charge is 0.336 e. The highest BCUT2D eigenvalue weighted by molar-refractivity contribution is 6.12. The quantitative estimate of drug-likeness (QED) is 0.353. The Morgan fingerprint density at radius 2 is 1.75 bits per heavy atom. The van der Waals surface area contributed by atoms with Gasteiger partial charge in [0.05, 0.1) is 18.6 Å². The standard InChI is InChI=1S/C28H28FNO6/c1-16-15-21-25(26(31)22(16)27(32)34-3)24(19-11-7-8-12-20(19)29)23(17(2)30-21)28(33)36-14-13-35-18-9-5-4-6-10-18/h4-12,16,22,24,30H,13-15H2,1-3H3/t16-,22+,24+/m1/s1. The molecule has 0 unspecified atom stereocenters. The molecule has 2 aromatic rings. The van der Waals surface area contributed by atoms with Crippen molar-refractivity contribution >= 4 is 17.7 Å². The highest BCUT2D eigenvalue weighted by Gasteiger charge is 2.47. The third-order valence-electron chi connectivity index (χ3n) is 6.51. The van der Waals surface area contributed by atoms with Crippen molar-refractivity contribution in [3.05, 3.63) is 88.5 Å². The Morgan fingerprint density at radius 3 is 2.44 bits per heavy atom. The van der Waals surface area contributed by atoms with Gasteiger partial charge >= 0.3 is 11.9 Å². The third kappa shape index (κ3) is 4.89. The van der Waals surface area contributed by atoms with E-state index in [1.165, 1.54) is 25.3 Å². The molecule has 1 aliphatic heterocycles. The van der Waals surface area contributed by atoms with Gasteiger partial charge in [-0.15, -0.1) is 0 Å². The average Bonchev–Trinajstić information content (AvgIpc) is 2.86. The minimum atomic E-state index is -1.04. The van der Waals surface area contributed by atoms with Crippen molar-refractivity contribution in [2.75, 3.05) is 20.3 Å². The molecule has 188 valence electrons. The van der Waals surface area contributed by atoms with Gasteiger partial charge in [0.1, 0.15) is 30.7 Å². The molecule has 7 nitrogen and oxygen atoms in total. The van der Waals surface area contributed by atoms with Gasteiger partial charge in [0, 0.05) is 22.5 Å². The zero-order chi connectivity index (χ0) is 25.8. The molecule has 1 aliphatic carbocycles. The van der Waals surface area contributed by atoms with Crippen LogP contribution in [0.15, 0.2) is 77.1 Å². The maximum absolute atomic E-state index is 15.1.